The average molecular weight is 488 g/mol. The minimum atomic E-state index is -0.0904. The number of benzene rings is 3. The van der Waals surface area contributed by atoms with E-state index in [9.17, 15) is 9.59 Å². The van der Waals surface area contributed by atoms with Crippen molar-refractivity contribution in [3.8, 4) is 0 Å². The molecule has 1 aliphatic heterocycles. The Morgan fingerprint density at radius 3 is 2.37 bits per heavy atom. The van der Waals surface area contributed by atoms with E-state index in [4.69, 9.17) is 11.6 Å². The molecule has 3 aromatic carbocycles. The fourth-order valence-corrected chi connectivity index (χ4v) is 4.52. The van der Waals surface area contributed by atoms with Gasteiger partial charge in [0.25, 0.3) is 11.8 Å². The van der Waals surface area contributed by atoms with Gasteiger partial charge in [-0.2, -0.15) is 5.10 Å². The minimum Gasteiger partial charge on any atom is -0.364 e. The summed E-state index contributed by atoms with van der Waals surface area (Å²) in [5, 5.41) is 12.2. The summed E-state index contributed by atoms with van der Waals surface area (Å²) in [6, 6.07) is 21.0. The second-order valence-corrected chi connectivity index (χ2v) is 9.14. The summed E-state index contributed by atoms with van der Waals surface area (Å²) in [6.45, 7) is 4.48. The Hall–Kier alpha value is -3.84. The summed E-state index contributed by atoms with van der Waals surface area (Å²) >= 11 is 6.24. The van der Waals surface area contributed by atoms with Crippen molar-refractivity contribution in [2.75, 3.05) is 31.5 Å². The van der Waals surface area contributed by atoms with E-state index in [-0.39, 0.29) is 11.8 Å². The van der Waals surface area contributed by atoms with Crippen LogP contribution in [0.25, 0.3) is 10.9 Å². The van der Waals surface area contributed by atoms with Crippen LogP contribution < -0.4 is 5.32 Å². The van der Waals surface area contributed by atoms with Gasteiger partial charge in [0.05, 0.1) is 16.1 Å². The number of amides is 2. The van der Waals surface area contributed by atoms with Gasteiger partial charge in [-0.25, -0.2) is 0 Å². The molecule has 0 radical (unpaired) electrons. The number of piperazine rings is 1. The number of anilines is 1. The smallest absolute Gasteiger partial charge is 0.255 e. The number of hydrogen-bond acceptors (Lipinski definition) is 4. The van der Waals surface area contributed by atoms with Crippen LogP contribution in [-0.4, -0.2) is 58.0 Å². The maximum atomic E-state index is 13.0. The van der Waals surface area contributed by atoms with E-state index in [0.717, 1.165) is 27.8 Å². The monoisotopic (exact) mass is 487 g/mol. The van der Waals surface area contributed by atoms with Crippen LogP contribution in [0.15, 0.2) is 66.7 Å². The van der Waals surface area contributed by atoms with Crippen LogP contribution >= 0.6 is 11.6 Å². The van der Waals surface area contributed by atoms with Crippen LogP contribution in [0, 0.1) is 6.92 Å². The number of H-pyrrole nitrogens is 1. The number of halogens is 1. The quantitative estimate of drug-likeness (QED) is 0.426. The summed E-state index contributed by atoms with van der Waals surface area (Å²) < 4.78 is 0. The van der Waals surface area contributed by atoms with Gasteiger partial charge in [0.1, 0.15) is 0 Å². The van der Waals surface area contributed by atoms with Crippen molar-refractivity contribution in [1.82, 2.24) is 20.0 Å². The molecule has 178 valence electrons. The van der Waals surface area contributed by atoms with Crippen molar-refractivity contribution in [1.29, 1.82) is 0 Å². The highest BCUT2D eigenvalue weighted by molar-refractivity contribution is 6.33. The Labute approximate surface area is 208 Å². The topological polar surface area (TPSA) is 81.3 Å². The Morgan fingerprint density at radius 2 is 1.63 bits per heavy atom. The highest BCUT2D eigenvalue weighted by Gasteiger charge is 2.26. The standard InChI is InChI=1S/C27H26ClN5O2/c1-18-6-11-23(28)22(16-18)27(35)33-14-12-32(13-15-33)26(34)20-9-7-19(8-10-20)17-29-25-21-4-2-3-5-24(21)30-31-25/h2-11,16H,12-15,17H2,1H3,(H2,29,30,31). The molecule has 4 aromatic rings. The van der Waals surface area contributed by atoms with Gasteiger partial charge in [-0.05, 0) is 48.9 Å². The molecular formula is C27H26ClN5O2. The summed E-state index contributed by atoms with van der Waals surface area (Å²) in [7, 11) is 0. The second-order valence-electron chi connectivity index (χ2n) is 8.74. The first-order valence-corrected chi connectivity index (χ1v) is 12.0. The molecule has 1 aromatic heterocycles. The SMILES string of the molecule is Cc1ccc(Cl)c(C(=O)N2CCN(C(=O)c3ccc(CNc4n[nH]c5ccccc45)cc3)CC2)c1. The molecule has 35 heavy (non-hydrogen) atoms. The summed E-state index contributed by atoms with van der Waals surface area (Å²) in [4.78, 5) is 29.5. The number of aryl methyl sites for hydroxylation is 1. The van der Waals surface area contributed by atoms with Gasteiger partial charge in [-0.15, -0.1) is 0 Å². The predicted molar refractivity (Wildman–Crippen MR) is 138 cm³/mol. The van der Waals surface area contributed by atoms with Gasteiger partial charge < -0.3 is 15.1 Å². The van der Waals surface area contributed by atoms with Crippen LogP contribution in [0.1, 0.15) is 31.8 Å². The summed E-state index contributed by atoms with van der Waals surface area (Å²) in [5.74, 6) is 0.691. The lowest BCUT2D eigenvalue weighted by atomic mass is 10.1. The van der Waals surface area contributed by atoms with Crippen molar-refractivity contribution < 1.29 is 9.59 Å². The maximum absolute atomic E-state index is 13.0. The highest BCUT2D eigenvalue weighted by atomic mass is 35.5. The number of fused-ring (bicyclic) bond motifs is 1. The zero-order valence-electron chi connectivity index (χ0n) is 19.4. The normalized spacial score (nSPS) is 13.8. The number of nitrogens with zero attached hydrogens (tertiary/aromatic N) is 3. The fraction of sp³-hybridized carbons (Fsp3) is 0.222. The molecule has 0 unspecified atom stereocenters. The first kappa shape index (κ1) is 22.9. The molecule has 8 heteroatoms. The van der Waals surface area contributed by atoms with E-state index in [1.807, 2.05) is 67.6 Å². The van der Waals surface area contributed by atoms with Crippen molar-refractivity contribution in [2.24, 2.45) is 0 Å². The van der Waals surface area contributed by atoms with Gasteiger partial charge in [0.2, 0.25) is 0 Å². The zero-order chi connectivity index (χ0) is 24.4. The van der Waals surface area contributed by atoms with Crippen LogP contribution in [0.4, 0.5) is 5.82 Å². The first-order chi connectivity index (χ1) is 17.0. The molecule has 0 aliphatic carbocycles. The lowest BCUT2D eigenvalue weighted by Gasteiger charge is -2.35. The Morgan fingerprint density at radius 1 is 0.943 bits per heavy atom. The van der Waals surface area contributed by atoms with Crippen molar-refractivity contribution >= 4 is 40.1 Å². The maximum Gasteiger partial charge on any atom is 0.255 e. The summed E-state index contributed by atoms with van der Waals surface area (Å²) in [5.41, 5.74) is 4.18. The van der Waals surface area contributed by atoms with E-state index in [2.05, 4.69) is 15.5 Å². The van der Waals surface area contributed by atoms with Crippen molar-refractivity contribution in [3.05, 3.63) is 94.0 Å². The molecule has 2 N–H and O–H groups in total. The lowest BCUT2D eigenvalue weighted by molar-refractivity contribution is 0.0535. The zero-order valence-corrected chi connectivity index (χ0v) is 20.2. The first-order valence-electron chi connectivity index (χ1n) is 11.6. The highest BCUT2D eigenvalue weighted by Crippen LogP contribution is 2.22. The number of hydrogen-bond donors (Lipinski definition) is 2. The third kappa shape index (κ3) is 4.86. The molecule has 1 fully saturated rings. The molecule has 1 aliphatic rings. The number of rotatable bonds is 5. The van der Waals surface area contributed by atoms with Gasteiger partial charge in [-0.3, -0.25) is 14.7 Å². The molecule has 2 heterocycles. The molecule has 7 nitrogen and oxygen atoms in total. The number of nitrogens with one attached hydrogen (secondary N) is 2. The van der Waals surface area contributed by atoms with E-state index in [0.29, 0.717) is 48.9 Å². The van der Waals surface area contributed by atoms with E-state index in [1.54, 1.807) is 15.9 Å². The average Bonchev–Trinajstić information content (AvgIpc) is 3.31. The number of aromatic nitrogens is 2. The van der Waals surface area contributed by atoms with E-state index in [1.165, 1.54) is 0 Å². The van der Waals surface area contributed by atoms with Crippen LogP contribution in [0.5, 0.6) is 0 Å². The van der Waals surface area contributed by atoms with Crippen molar-refractivity contribution in [2.45, 2.75) is 13.5 Å². The van der Waals surface area contributed by atoms with Crippen LogP contribution in [0.2, 0.25) is 5.02 Å². The van der Waals surface area contributed by atoms with Gasteiger partial charge >= 0.3 is 0 Å². The molecular weight excluding hydrogens is 462 g/mol. The van der Waals surface area contributed by atoms with Crippen LogP contribution in [-0.2, 0) is 6.54 Å². The fourth-order valence-electron chi connectivity index (χ4n) is 4.32. The van der Waals surface area contributed by atoms with Gasteiger partial charge in [-0.1, -0.05) is 47.5 Å². The largest absolute Gasteiger partial charge is 0.364 e. The minimum absolute atomic E-state index is 0.0245. The molecule has 0 bridgehead atoms. The second kappa shape index (κ2) is 9.80. The van der Waals surface area contributed by atoms with E-state index < -0.39 is 0 Å². The number of carbonyl (C=O) groups excluding carboxylic acids is 2. The molecule has 1 saturated heterocycles. The molecule has 0 saturated carbocycles. The third-order valence-electron chi connectivity index (χ3n) is 6.34. The van der Waals surface area contributed by atoms with Crippen LogP contribution in [0.3, 0.4) is 0 Å². The molecule has 5 rings (SSSR count). The molecule has 2 amide bonds. The molecule has 0 spiro atoms. The Bertz CT molecular complexity index is 1370. The third-order valence-corrected chi connectivity index (χ3v) is 6.67. The van der Waals surface area contributed by atoms with Crippen molar-refractivity contribution in [3.63, 3.8) is 0 Å². The summed E-state index contributed by atoms with van der Waals surface area (Å²) in [6.07, 6.45) is 0. The number of para-hydroxylation sites is 1. The predicted octanol–water partition coefficient (Wildman–Crippen LogP) is 4.74. The molecule has 0 atom stereocenters. The Kier molecular flexibility index (Phi) is 6.42. The van der Waals surface area contributed by atoms with E-state index >= 15 is 0 Å². The lowest BCUT2D eigenvalue weighted by Crippen LogP contribution is -2.50. The van der Waals surface area contributed by atoms with Gasteiger partial charge in [0, 0.05) is 43.7 Å². The number of carbonyl (C=O) groups is 2. The Balaban J connectivity index is 1.17. The number of aromatic amines is 1. The van der Waals surface area contributed by atoms with Gasteiger partial charge in [0.15, 0.2) is 5.82 Å².